The fraction of sp³-hybridized carbons (Fsp3) is 0.217. The summed E-state index contributed by atoms with van der Waals surface area (Å²) in [4.78, 5) is 16.9. The molecule has 1 amide bonds. The quantitative estimate of drug-likeness (QED) is 0.514. The Hall–Kier alpha value is -3.74. The van der Waals surface area contributed by atoms with Gasteiger partial charge in [-0.25, -0.2) is 0 Å². The Kier molecular flexibility index (Phi) is 4.63. The Balaban J connectivity index is 1.47. The van der Waals surface area contributed by atoms with Gasteiger partial charge in [0, 0.05) is 18.2 Å². The first-order chi connectivity index (χ1) is 14.7. The second-order valence-corrected chi connectivity index (χ2v) is 7.48. The van der Waals surface area contributed by atoms with Crippen LogP contribution in [0.25, 0.3) is 16.9 Å². The summed E-state index contributed by atoms with van der Waals surface area (Å²) in [7, 11) is 0. The van der Waals surface area contributed by atoms with Crippen LogP contribution < -0.4 is 0 Å². The summed E-state index contributed by atoms with van der Waals surface area (Å²) in [5.41, 5.74) is 4.04. The van der Waals surface area contributed by atoms with E-state index in [0.717, 1.165) is 29.7 Å². The van der Waals surface area contributed by atoms with Gasteiger partial charge in [-0.1, -0.05) is 47.1 Å². The van der Waals surface area contributed by atoms with Gasteiger partial charge in [-0.05, 0) is 31.9 Å². The van der Waals surface area contributed by atoms with Crippen molar-refractivity contribution in [2.24, 2.45) is 0 Å². The molecule has 1 unspecified atom stereocenters. The van der Waals surface area contributed by atoms with E-state index in [9.17, 15) is 4.79 Å². The number of nitrogens with zero attached hydrogens (tertiary/aromatic N) is 5. The van der Waals surface area contributed by atoms with Crippen molar-refractivity contribution in [2.75, 3.05) is 6.54 Å². The van der Waals surface area contributed by atoms with Gasteiger partial charge >= 0.3 is 0 Å². The largest absolute Gasteiger partial charge is 0.359 e. The maximum atomic E-state index is 13.6. The SMILES string of the molecule is Cc1ccc(-n2nccn2)c(C(=O)N2CCCC2c2cc(-c3ccccc3)no2)c1. The molecule has 30 heavy (non-hydrogen) atoms. The van der Waals surface area contributed by atoms with Crippen LogP contribution in [0.1, 0.15) is 40.6 Å². The topological polar surface area (TPSA) is 77.1 Å². The monoisotopic (exact) mass is 399 g/mol. The summed E-state index contributed by atoms with van der Waals surface area (Å²) in [6.07, 6.45) is 4.97. The van der Waals surface area contributed by atoms with Gasteiger partial charge in [-0.3, -0.25) is 4.79 Å². The third-order valence-corrected chi connectivity index (χ3v) is 5.46. The van der Waals surface area contributed by atoms with Crippen LogP contribution in [0.3, 0.4) is 0 Å². The lowest BCUT2D eigenvalue weighted by Gasteiger charge is -2.24. The van der Waals surface area contributed by atoms with Crippen LogP contribution in [0.5, 0.6) is 0 Å². The maximum Gasteiger partial charge on any atom is 0.256 e. The first kappa shape index (κ1) is 18.3. The molecule has 0 aliphatic carbocycles. The van der Waals surface area contributed by atoms with Crippen molar-refractivity contribution in [3.8, 4) is 16.9 Å². The number of rotatable bonds is 4. The van der Waals surface area contributed by atoms with Gasteiger partial charge in [0.25, 0.3) is 5.91 Å². The van der Waals surface area contributed by atoms with Crippen LogP contribution in [0.15, 0.2) is 71.5 Å². The molecule has 0 radical (unpaired) electrons. The smallest absolute Gasteiger partial charge is 0.256 e. The number of likely N-dealkylation sites (tertiary alicyclic amines) is 1. The van der Waals surface area contributed by atoms with Crippen LogP contribution in [0.4, 0.5) is 0 Å². The maximum absolute atomic E-state index is 13.6. The zero-order valence-corrected chi connectivity index (χ0v) is 16.6. The minimum absolute atomic E-state index is 0.0499. The van der Waals surface area contributed by atoms with Crippen LogP contribution in [-0.2, 0) is 0 Å². The van der Waals surface area contributed by atoms with Gasteiger partial charge in [0.2, 0.25) is 0 Å². The molecular formula is C23H21N5O2. The molecule has 0 N–H and O–H groups in total. The lowest BCUT2D eigenvalue weighted by molar-refractivity contribution is 0.0714. The van der Waals surface area contributed by atoms with Crippen LogP contribution in [0, 0.1) is 6.92 Å². The van der Waals surface area contributed by atoms with E-state index in [0.29, 0.717) is 23.6 Å². The van der Waals surface area contributed by atoms with Gasteiger partial charge in [-0.2, -0.15) is 15.0 Å². The molecule has 4 aromatic rings. The van der Waals surface area contributed by atoms with E-state index >= 15 is 0 Å². The van der Waals surface area contributed by atoms with Crippen molar-refractivity contribution >= 4 is 5.91 Å². The molecule has 0 bridgehead atoms. The summed E-state index contributed by atoms with van der Waals surface area (Å²) in [5, 5.41) is 12.6. The third-order valence-electron chi connectivity index (χ3n) is 5.46. The standard InChI is InChI=1S/C23H21N5O2/c1-16-9-10-20(28-24-11-12-25-28)18(14-16)23(29)27-13-5-8-21(27)22-15-19(26-30-22)17-6-3-2-4-7-17/h2-4,6-7,9-12,14-15,21H,5,8,13H2,1H3. The molecule has 7 nitrogen and oxygen atoms in total. The minimum atomic E-state index is -0.138. The molecule has 1 aliphatic rings. The lowest BCUT2D eigenvalue weighted by Crippen LogP contribution is -2.31. The minimum Gasteiger partial charge on any atom is -0.359 e. The van der Waals surface area contributed by atoms with E-state index in [-0.39, 0.29) is 11.9 Å². The van der Waals surface area contributed by atoms with E-state index in [1.54, 1.807) is 12.4 Å². The predicted octanol–water partition coefficient (Wildman–Crippen LogP) is 4.21. The van der Waals surface area contributed by atoms with E-state index in [1.165, 1.54) is 4.80 Å². The average Bonchev–Trinajstić information content (AvgIpc) is 3.55. The molecule has 5 rings (SSSR count). The van der Waals surface area contributed by atoms with Crippen molar-refractivity contribution in [2.45, 2.75) is 25.8 Å². The Morgan fingerprint density at radius 2 is 1.87 bits per heavy atom. The number of aromatic nitrogens is 4. The first-order valence-corrected chi connectivity index (χ1v) is 10.0. The highest BCUT2D eigenvalue weighted by molar-refractivity contribution is 5.98. The molecular weight excluding hydrogens is 378 g/mol. The highest BCUT2D eigenvalue weighted by Crippen LogP contribution is 2.35. The summed E-state index contributed by atoms with van der Waals surface area (Å²) >= 11 is 0. The van der Waals surface area contributed by atoms with E-state index in [4.69, 9.17) is 4.52 Å². The summed E-state index contributed by atoms with van der Waals surface area (Å²) < 4.78 is 5.67. The van der Waals surface area contributed by atoms with E-state index < -0.39 is 0 Å². The number of hydrogen-bond donors (Lipinski definition) is 0. The molecule has 0 saturated carbocycles. The molecule has 2 aromatic carbocycles. The van der Waals surface area contributed by atoms with Crippen LogP contribution >= 0.6 is 0 Å². The van der Waals surface area contributed by atoms with Crippen molar-refractivity contribution in [3.63, 3.8) is 0 Å². The zero-order chi connectivity index (χ0) is 20.5. The van der Waals surface area contributed by atoms with Crippen LogP contribution in [0.2, 0.25) is 0 Å². The molecule has 7 heteroatoms. The van der Waals surface area contributed by atoms with Crippen molar-refractivity contribution < 1.29 is 9.32 Å². The molecule has 3 heterocycles. The predicted molar refractivity (Wildman–Crippen MR) is 111 cm³/mol. The Labute approximate surface area is 173 Å². The van der Waals surface area contributed by atoms with Gasteiger partial charge in [0.1, 0.15) is 5.69 Å². The molecule has 1 aliphatic heterocycles. The molecule has 150 valence electrons. The summed E-state index contributed by atoms with van der Waals surface area (Å²) in [6, 6.07) is 17.4. The first-order valence-electron chi connectivity index (χ1n) is 10.0. The normalized spacial score (nSPS) is 16.2. The number of carbonyl (C=O) groups is 1. The van der Waals surface area contributed by atoms with E-state index in [1.807, 2.05) is 66.4 Å². The molecule has 0 spiro atoms. The zero-order valence-electron chi connectivity index (χ0n) is 16.6. The van der Waals surface area contributed by atoms with Gasteiger partial charge in [0.05, 0.1) is 29.7 Å². The molecule has 1 atom stereocenters. The number of carbonyl (C=O) groups excluding carboxylic acids is 1. The Bertz CT molecular complexity index is 1170. The summed E-state index contributed by atoms with van der Waals surface area (Å²) in [6.45, 7) is 2.64. The van der Waals surface area contributed by atoms with E-state index in [2.05, 4.69) is 15.4 Å². The number of hydrogen-bond acceptors (Lipinski definition) is 5. The summed E-state index contributed by atoms with van der Waals surface area (Å²) in [5.74, 6) is 0.664. The number of benzene rings is 2. The fourth-order valence-corrected chi connectivity index (χ4v) is 3.99. The number of amides is 1. The van der Waals surface area contributed by atoms with Gasteiger partial charge < -0.3 is 9.42 Å². The lowest BCUT2D eigenvalue weighted by atomic mass is 10.1. The highest BCUT2D eigenvalue weighted by Gasteiger charge is 2.34. The second-order valence-electron chi connectivity index (χ2n) is 7.48. The highest BCUT2D eigenvalue weighted by atomic mass is 16.5. The average molecular weight is 399 g/mol. The van der Waals surface area contributed by atoms with Crippen LogP contribution in [-0.4, -0.2) is 37.5 Å². The number of aryl methyl sites for hydroxylation is 1. The fourth-order valence-electron chi connectivity index (χ4n) is 3.99. The Morgan fingerprint density at radius 1 is 1.07 bits per heavy atom. The van der Waals surface area contributed by atoms with Crippen molar-refractivity contribution in [1.82, 2.24) is 25.1 Å². The van der Waals surface area contributed by atoms with Crippen molar-refractivity contribution in [1.29, 1.82) is 0 Å². The van der Waals surface area contributed by atoms with Gasteiger partial charge in [-0.15, -0.1) is 0 Å². The molecule has 1 fully saturated rings. The molecule has 1 saturated heterocycles. The Morgan fingerprint density at radius 3 is 2.67 bits per heavy atom. The van der Waals surface area contributed by atoms with Gasteiger partial charge in [0.15, 0.2) is 5.76 Å². The van der Waals surface area contributed by atoms with Crippen molar-refractivity contribution in [3.05, 3.63) is 83.9 Å². The third kappa shape index (κ3) is 3.28. The molecule has 2 aromatic heterocycles. The second kappa shape index (κ2) is 7.59.